The zero-order valence-electron chi connectivity index (χ0n) is 16.4. The van der Waals surface area contributed by atoms with E-state index in [9.17, 15) is 0 Å². The number of benzene rings is 1. The van der Waals surface area contributed by atoms with E-state index in [4.69, 9.17) is 28.0 Å². The Labute approximate surface area is 169 Å². The average molecular weight is 399 g/mol. The summed E-state index contributed by atoms with van der Waals surface area (Å²) in [4.78, 5) is 5.37. The normalized spacial score (nSPS) is 16.0. The molecule has 0 spiro atoms. The first-order valence-corrected chi connectivity index (χ1v) is 11.3. The van der Waals surface area contributed by atoms with Gasteiger partial charge in [-0.15, -0.1) is 23.2 Å². The van der Waals surface area contributed by atoms with E-state index in [0.717, 1.165) is 24.3 Å². The van der Waals surface area contributed by atoms with E-state index in [1.807, 2.05) is 13.0 Å². The van der Waals surface area contributed by atoms with Crippen molar-refractivity contribution in [1.82, 2.24) is 5.48 Å². The van der Waals surface area contributed by atoms with Crippen molar-refractivity contribution in [2.24, 2.45) is 0 Å². The fraction of sp³-hybridized carbons (Fsp3) is 0.727. The van der Waals surface area contributed by atoms with Crippen LogP contribution in [-0.4, -0.2) is 10.8 Å². The number of alkyl halides is 2. The van der Waals surface area contributed by atoms with Crippen LogP contribution in [0.5, 0.6) is 5.75 Å². The Morgan fingerprint density at radius 1 is 0.962 bits per heavy atom. The van der Waals surface area contributed by atoms with E-state index in [2.05, 4.69) is 24.5 Å². The first-order valence-electron chi connectivity index (χ1n) is 10.4. The monoisotopic (exact) mass is 398 g/mol. The van der Waals surface area contributed by atoms with Crippen molar-refractivity contribution in [3.8, 4) is 5.75 Å². The highest BCUT2D eigenvalue weighted by Crippen LogP contribution is 2.44. The van der Waals surface area contributed by atoms with Crippen LogP contribution in [0.3, 0.4) is 0 Å². The molecule has 26 heavy (non-hydrogen) atoms. The van der Waals surface area contributed by atoms with Crippen molar-refractivity contribution in [3.05, 3.63) is 23.8 Å². The average Bonchev–Trinajstić information content (AvgIpc) is 2.57. The predicted octanol–water partition coefficient (Wildman–Crippen LogP) is 7.86. The van der Waals surface area contributed by atoms with Gasteiger partial charge in [0.25, 0.3) is 0 Å². The topological polar surface area (TPSA) is 23.3 Å². The van der Waals surface area contributed by atoms with E-state index in [-0.39, 0.29) is 16.7 Å². The van der Waals surface area contributed by atoms with Gasteiger partial charge in [-0.1, -0.05) is 82.3 Å². The minimum Gasteiger partial charge on any atom is -0.354 e. The van der Waals surface area contributed by atoms with Gasteiger partial charge in [0.15, 0.2) is 5.75 Å². The van der Waals surface area contributed by atoms with E-state index in [1.54, 1.807) is 0 Å². The summed E-state index contributed by atoms with van der Waals surface area (Å²) >= 11 is 13.0. The molecular weight excluding hydrogens is 365 g/mol. The standard InChI is InChI=1S/C22H34Cl2NO/c1-3-4-5-6-7-8-9-10-11-13-18(20(24)16-17(2)23)19-14-12-15-21-22(19)26-25-21/h12,14-15,17-18,20H,3-11,13,16H2,1-2H3. The lowest BCUT2D eigenvalue weighted by atomic mass is 9.87. The molecule has 2 nitrogen and oxygen atoms in total. The Balaban J connectivity index is 1.79. The van der Waals surface area contributed by atoms with E-state index >= 15 is 0 Å². The maximum absolute atomic E-state index is 6.77. The van der Waals surface area contributed by atoms with Crippen molar-refractivity contribution >= 4 is 28.9 Å². The third kappa shape index (κ3) is 6.85. The fourth-order valence-corrected chi connectivity index (χ4v) is 4.55. The number of nitrogens with zero attached hydrogens (tertiary/aromatic N) is 1. The molecule has 1 aliphatic heterocycles. The van der Waals surface area contributed by atoms with E-state index < -0.39 is 0 Å². The van der Waals surface area contributed by atoms with Gasteiger partial charge in [-0.05, 0) is 25.8 Å². The summed E-state index contributed by atoms with van der Waals surface area (Å²) in [5.41, 5.74) is 6.13. The summed E-state index contributed by atoms with van der Waals surface area (Å²) in [5.74, 6) is 1.20. The number of fused-ring (bicyclic) bond motifs is 1. The molecule has 1 radical (unpaired) electrons. The van der Waals surface area contributed by atoms with Gasteiger partial charge in [0.05, 0.1) is 0 Å². The van der Waals surface area contributed by atoms with Crippen LogP contribution in [0.15, 0.2) is 18.2 Å². The van der Waals surface area contributed by atoms with Gasteiger partial charge in [0.1, 0.15) is 5.69 Å². The second kappa shape index (κ2) is 12.0. The second-order valence-corrected chi connectivity index (χ2v) is 8.94. The molecule has 3 unspecified atom stereocenters. The Bertz CT molecular complexity index is 521. The summed E-state index contributed by atoms with van der Waals surface area (Å²) in [7, 11) is 0. The number of hydrogen-bond donors (Lipinski definition) is 0. The van der Waals surface area contributed by atoms with Gasteiger partial charge in [-0.25, -0.2) is 0 Å². The first-order chi connectivity index (χ1) is 12.6. The molecule has 1 heterocycles. The highest BCUT2D eigenvalue weighted by molar-refractivity contribution is 6.23. The maximum atomic E-state index is 6.77. The second-order valence-electron chi connectivity index (χ2n) is 7.63. The van der Waals surface area contributed by atoms with Crippen molar-refractivity contribution < 1.29 is 4.84 Å². The molecule has 3 atom stereocenters. The van der Waals surface area contributed by atoms with Crippen LogP contribution in [0.1, 0.15) is 96.0 Å². The van der Waals surface area contributed by atoms with Crippen LogP contribution in [0.2, 0.25) is 0 Å². The van der Waals surface area contributed by atoms with E-state index in [1.165, 1.54) is 63.4 Å². The van der Waals surface area contributed by atoms with Crippen molar-refractivity contribution in [2.45, 2.75) is 101 Å². The molecule has 0 bridgehead atoms. The summed E-state index contributed by atoms with van der Waals surface area (Å²) in [6.45, 7) is 4.28. The fourth-order valence-electron chi connectivity index (χ4n) is 3.74. The van der Waals surface area contributed by atoms with Crippen LogP contribution < -0.4 is 10.3 Å². The molecule has 2 rings (SSSR count). The molecule has 0 saturated carbocycles. The number of halogens is 2. The van der Waals surface area contributed by atoms with Crippen molar-refractivity contribution in [3.63, 3.8) is 0 Å². The number of unbranched alkanes of at least 4 members (excludes halogenated alkanes) is 8. The molecule has 0 saturated heterocycles. The lowest BCUT2D eigenvalue weighted by Gasteiger charge is -2.28. The molecule has 4 heteroatoms. The van der Waals surface area contributed by atoms with Crippen LogP contribution in [0.4, 0.5) is 5.69 Å². The highest BCUT2D eigenvalue weighted by Gasteiger charge is 2.30. The van der Waals surface area contributed by atoms with Crippen LogP contribution in [0.25, 0.3) is 0 Å². The Hall–Kier alpha value is -0.600. The molecule has 0 aliphatic carbocycles. The predicted molar refractivity (Wildman–Crippen MR) is 113 cm³/mol. The molecule has 0 N–H and O–H groups in total. The number of para-hydroxylation sites is 1. The molecule has 147 valence electrons. The Morgan fingerprint density at radius 2 is 1.62 bits per heavy atom. The Morgan fingerprint density at radius 3 is 2.19 bits per heavy atom. The lowest BCUT2D eigenvalue weighted by Crippen LogP contribution is -2.22. The van der Waals surface area contributed by atoms with Crippen molar-refractivity contribution in [1.29, 1.82) is 0 Å². The van der Waals surface area contributed by atoms with E-state index in [0.29, 0.717) is 0 Å². The number of hydrogen-bond acceptors (Lipinski definition) is 1. The molecule has 0 amide bonds. The maximum Gasteiger partial charge on any atom is 0.190 e. The third-order valence-corrected chi connectivity index (χ3v) is 5.93. The Kier molecular flexibility index (Phi) is 9.99. The molecule has 1 aromatic carbocycles. The van der Waals surface area contributed by atoms with Gasteiger partial charge in [-0.2, -0.15) is 0 Å². The third-order valence-electron chi connectivity index (χ3n) is 5.26. The lowest BCUT2D eigenvalue weighted by molar-refractivity contribution is 0.182. The highest BCUT2D eigenvalue weighted by atomic mass is 35.5. The van der Waals surface area contributed by atoms with Gasteiger partial charge >= 0.3 is 0 Å². The van der Waals surface area contributed by atoms with Gasteiger partial charge in [-0.3, -0.25) is 0 Å². The molecule has 0 aromatic heterocycles. The van der Waals surface area contributed by atoms with Crippen LogP contribution >= 0.6 is 23.2 Å². The SMILES string of the molecule is CCCCCCCCCCCC(c1cccc2c1O[N]2)C(Cl)CC(C)Cl. The van der Waals surface area contributed by atoms with Crippen LogP contribution in [0, 0.1) is 0 Å². The van der Waals surface area contributed by atoms with Crippen molar-refractivity contribution in [2.75, 3.05) is 0 Å². The van der Waals surface area contributed by atoms with Crippen LogP contribution in [-0.2, 0) is 0 Å². The number of rotatable bonds is 14. The van der Waals surface area contributed by atoms with Gasteiger partial charge < -0.3 is 4.84 Å². The molecule has 0 fully saturated rings. The molecule has 1 aliphatic rings. The minimum atomic E-state index is 0.0345. The largest absolute Gasteiger partial charge is 0.354 e. The first kappa shape index (κ1) is 21.7. The van der Waals surface area contributed by atoms with Gasteiger partial charge in [0, 0.05) is 22.2 Å². The quantitative estimate of drug-likeness (QED) is 0.231. The van der Waals surface area contributed by atoms with Gasteiger partial charge in [0.2, 0.25) is 0 Å². The molecule has 1 aromatic rings. The summed E-state index contributed by atoms with van der Waals surface area (Å²) in [6.07, 6.45) is 14.0. The molecular formula is C22H34Cl2NO. The smallest absolute Gasteiger partial charge is 0.190 e. The zero-order chi connectivity index (χ0) is 18.8. The summed E-state index contributed by atoms with van der Waals surface area (Å²) in [6, 6.07) is 6.18. The minimum absolute atomic E-state index is 0.0345. The summed E-state index contributed by atoms with van der Waals surface area (Å²) < 4.78 is 0. The summed E-state index contributed by atoms with van der Waals surface area (Å²) in [5, 5.41) is 0.121. The zero-order valence-corrected chi connectivity index (χ0v) is 17.9.